The van der Waals surface area contributed by atoms with E-state index in [1.807, 2.05) is 36.3 Å². The van der Waals surface area contributed by atoms with Crippen LogP contribution >= 0.6 is 22.6 Å². The molecular formula is C7H11IN+. The van der Waals surface area contributed by atoms with Gasteiger partial charge in [0.25, 0.3) is 0 Å². The Morgan fingerprint density at radius 3 is 2.22 bits per heavy atom. The van der Waals surface area contributed by atoms with Crippen LogP contribution in [0.4, 0.5) is 0 Å². The number of rotatable bonds is 0. The van der Waals surface area contributed by atoms with E-state index in [9.17, 15) is 0 Å². The van der Waals surface area contributed by atoms with E-state index >= 15 is 0 Å². The molecule has 0 aromatic carbocycles. The molecule has 0 bridgehead atoms. The number of aryl methyl sites for hydroxylation is 1. The fourth-order valence-electron chi connectivity index (χ4n) is 0.483. The molecule has 1 rings (SSSR count). The molecule has 0 radical (unpaired) electrons. The molecule has 0 saturated heterocycles. The predicted octanol–water partition coefficient (Wildman–Crippen LogP) is 1.86. The van der Waals surface area contributed by atoms with Crippen molar-refractivity contribution in [1.82, 2.24) is 0 Å². The molecule has 1 aromatic heterocycles. The second kappa shape index (κ2) is 6.01. The molecule has 1 nitrogen and oxygen atoms in total. The van der Waals surface area contributed by atoms with Crippen molar-refractivity contribution >= 4 is 22.6 Å². The van der Waals surface area contributed by atoms with Crippen LogP contribution < -0.4 is 4.98 Å². The summed E-state index contributed by atoms with van der Waals surface area (Å²) < 4.78 is 0. The smallest absolute Gasteiger partial charge is 0.176 e. The lowest BCUT2D eigenvalue weighted by Gasteiger charge is -1.74. The van der Waals surface area contributed by atoms with Gasteiger partial charge in [0.15, 0.2) is 11.9 Å². The Hall–Kier alpha value is -0.120. The van der Waals surface area contributed by atoms with Crippen LogP contribution in [0.2, 0.25) is 0 Å². The highest BCUT2D eigenvalue weighted by atomic mass is 127. The summed E-state index contributed by atoms with van der Waals surface area (Å²) in [7, 11) is 0. The maximum Gasteiger partial charge on any atom is 0.176 e. The zero-order chi connectivity index (χ0) is 7.11. The van der Waals surface area contributed by atoms with Gasteiger partial charge in [-0.05, 0) is 4.93 Å². The molecule has 1 aromatic rings. The zero-order valence-corrected chi connectivity index (χ0v) is 7.84. The van der Waals surface area contributed by atoms with E-state index in [1.165, 1.54) is 5.69 Å². The van der Waals surface area contributed by atoms with Gasteiger partial charge in [0.2, 0.25) is 0 Å². The largest absolute Gasteiger partial charge is 0.215 e. The van der Waals surface area contributed by atoms with E-state index in [4.69, 9.17) is 0 Å². The van der Waals surface area contributed by atoms with E-state index in [0.717, 1.165) is 0 Å². The van der Waals surface area contributed by atoms with E-state index in [2.05, 4.69) is 27.6 Å². The normalized spacial score (nSPS) is 7.44. The molecule has 1 heterocycles. The van der Waals surface area contributed by atoms with Gasteiger partial charge in [-0.1, -0.05) is 28.7 Å². The fourth-order valence-corrected chi connectivity index (χ4v) is 0.483. The van der Waals surface area contributed by atoms with Gasteiger partial charge in [-0.3, -0.25) is 0 Å². The number of hydrogen-bond donors (Lipinski definition) is 0. The van der Waals surface area contributed by atoms with Gasteiger partial charge in [0, 0.05) is 19.1 Å². The van der Waals surface area contributed by atoms with Crippen molar-refractivity contribution in [1.29, 1.82) is 0 Å². The minimum Gasteiger partial charge on any atom is -0.215 e. The maximum absolute atomic E-state index is 3.03. The average Bonchev–Trinajstić information content (AvgIpc) is 1.94. The first-order chi connectivity index (χ1) is 4.39. The number of nitrogens with one attached hydrogen (secondary N) is 1. The summed E-state index contributed by atoms with van der Waals surface area (Å²) in [6.07, 6.45) is 1.91. The molecule has 0 saturated carbocycles. The SMILES string of the molecule is CI.Cc1cccc[nH+]1. The summed E-state index contributed by atoms with van der Waals surface area (Å²) in [4.78, 5) is 5.00. The first-order valence-corrected chi connectivity index (χ1v) is 4.86. The molecule has 50 valence electrons. The van der Waals surface area contributed by atoms with Gasteiger partial charge >= 0.3 is 0 Å². The second-order valence-corrected chi connectivity index (χ2v) is 1.55. The number of aromatic amines is 1. The Morgan fingerprint density at radius 2 is 2.00 bits per heavy atom. The molecule has 0 atom stereocenters. The molecule has 0 spiro atoms. The lowest BCUT2D eigenvalue weighted by Crippen LogP contribution is -2.02. The Labute approximate surface area is 69.6 Å². The number of hydrogen-bond acceptors (Lipinski definition) is 0. The number of halogens is 1. The Morgan fingerprint density at radius 1 is 1.33 bits per heavy atom. The van der Waals surface area contributed by atoms with Crippen LogP contribution in [0.1, 0.15) is 5.69 Å². The highest BCUT2D eigenvalue weighted by Gasteiger charge is 1.81. The Balaban J connectivity index is 0.000000291. The molecule has 9 heavy (non-hydrogen) atoms. The highest BCUT2D eigenvalue weighted by molar-refractivity contribution is 14.1. The van der Waals surface area contributed by atoms with Gasteiger partial charge in [-0.2, -0.15) is 0 Å². The highest BCUT2D eigenvalue weighted by Crippen LogP contribution is 1.80. The van der Waals surface area contributed by atoms with Crippen LogP contribution in [-0.4, -0.2) is 4.93 Å². The second-order valence-electron chi connectivity index (χ2n) is 1.55. The zero-order valence-electron chi connectivity index (χ0n) is 5.69. The summed E-state index contributed by atoms with van der Waals surface area (Å²) >= 11 is 2.15. The minimum atomic E-state index is 1.20. The van der Waals surface area contributed by atoms with Crippen molar-refractivity contribution in [3.05, 3.63) is 30.1 Å². The summed E-state index contributed by atoms with van der Waals surface area (Å²) in [5.74, 6) is 0. The summed E-state index contributed by atoms with van der Waals surface area (Å²) in [6.45, 7) is 2.03. The third kappa shape index (κ3) is 4.39. The van der Waals surface area contributed by atoms with Gasteiger partial charge in [0.1, 0.15) is 0 Å². The fraction of sp³-hybridized carbons (Fsp3) is 0.286. The van der Waals surface area contributed by atoms with Crippen molar-refractivity contribution < 1.29 is 4.98 Å². The first-order valence-electron chi connectivity index (χ1n) is 2.71. The molecule has 2 heteroatoms. The summed E-state index contributed by atoms with van der Waals surface area (Å²) in [5.41, 5.74) is 1.20. The van der Waals surface area contributed by atoms with Crippen LogP contribution in [0, 0.1) is 6.92 Å². The van der Waals surface area contributed by atoms with Gasteiger partial charge in [-0.15, -0.1) is 0 Å². The molecule has 0 aliphatic rings. The van der Waals surface area contributed by atoms with Crippen LogP contribution in [-0.2, 0) is 0 Å². The Bertz CT molecular complexity index is 139. The summed E-state index contributed by atoms with van der Waals surface area (Å²) in [6, 6.07) is 6.00. The van der Waals surface area contributed by atoms with Crippen molar-refractivity contribution in [2.45, 2.75) is 6.92 Å². The molecule has 0 aliphatic heterocycles. The maximum atomic E-state index is 3.03. The third-order valence-electron chi connectivity index (χ3n) is 0.865. The number of alkyl halides is 1. The third-order valence-corrected chi connectivity index (χ3v) is 0.865. The average molecular weight is 236 g/mol. The monoisotopic (exact) mass is 236 g/mol. The molecule has 1 N–H and O–H groups in total. The molecule has 0 aliphatic carbocycles. The van der Waals surface area contributed by atoms with Gasteiger partial charge in [-0.25, -0.2) is 4.98 Å². The van der Waals surface area contributed by atoms with E-state index in [1.54, 1.807) is 0 Å². The van der Waals surface area contributed by atoms with Crippen molar-refractivity contribution in [2.24, 2.45) is 0 Å². The lowest BCUT2D eigenvalue weighted by atomic mass is 10.4. The van der Waals surface area contributed by atoms with Crippen molar-refractivity contribution in [3.63, 3.8) is 0 Å². The van der Waals surface area contributed by atoms with Crippen LogP contribution in [0.5, 0.6) is 0 Å². The predicted molar refractivity (Wildman–Crippen MR) is 47.7 cm³/mol. The number of H-pyrrole nitrogens is 1. The molecule has 0 amide bonds. The molecule has 0 fully saturated rings. The first kappa shape index (κ1) is 8.88. The van der Waals surface area contributed by atoms with Crippen LogP contribution in [0.15, 0.2) is 24.4 Å². The van der Waals surface area contributed by atoms with Crippen LogP contribution in [0.3, 0.4) is 0 Å². The summed E-state index contributed by atoms with van der Waals surface area (Å²) in [5, 5.41) is 0. The van der Waals surface area contributed by atoms with E-state index in [0.29, 0.717) is 0 Å². The lowest BCUT2D eigenvalue weighted by molar-refractivity contribution is -0.387. The molecule has 0 unspecified atom stereocenters. The quantitative estimate of drug-likeness (QED) is 0.482. The number of pyridine rings is 1. The standard InChI is InChI=1S/C6H7N.CH3I/c1-6-4-2-3-5-7-6;1-2/h2-5H,1H3;1H3/p+1. The topological polar surface area (TPSA) is 14.1 Å². The van der Waals surface area contributed by atoms with Gasteiger partial charge < -0.3 is 0 Å². The number of aromatic nitrogens is 1. The van der Waals surface area contributed by atoms with Crippen molar-refractivity contribution in [3.8, 4) is 0 Å². The van der Waals surface area contributed by atoms with E-state index < -0.39 is 0 Å². The van der Waals surface area contributed by atoms with Gasteiger partial charge in [0.05, 0.1) is 0 Å². The van der Waals surface area contributed by atoms with Crippen molar-refractivity contribution in [2.75, 3.05) is 4.93 Å². The Kier molecular flexibility index (Phi) is 5.93. The molecular weight excluding hydrogens is 225 g/mol. The van der Waals surface area contributed by atoms with Crippen LogP contribution in [0.25, 0.3) is 0 Å². The van der Waals surface area contributed by atoms with E-state index in [-0.39, 0.29) is 0 Å². The minimum absolute atomic E-state index is 1.20.